The molecule has 1 saturated heterocycles. The Morgan fingerprint density at radius 3 is 2.48 bits per heavy atom. The van der Waals surface area contributed by atoms with Gasteiger partial charge in [-0.05, 0) is 30.5 Å². The van der Waals surface area contributed by atoms with Gasteiger partial charge in [0, 0.05) is 44.3 Å². The van der Waals surface area contributed by atoms with Crippen LogP contribution in [-0.4, -0.2) is 57.5 Å². The molecule has 0 atom stereocenters. The Morgan fingerprint density at radius 2 is 1.74 bits per heavy atom. The van der Waals surface area contributed by atoms with Crippen LogP contribution in [0.1, 0.15) is 43.1 Å². The van der Waals surface area contributed by atoms with E-state index in [9.17, 15) is 4.79 Å². The van der Waals surface area contributed by atoms with E-state index in [0.717, 1.165) is 29.4 Å². The molecule has 5 nitrogen and oxygen atoms in total. The smallest absolute Gasteiger partial charge is 0.275 e. The van der Waals surface area contributed by atoms with Gasteiger partial charge in [0.05, 0.1) is 0 Å². The molecule has 3 aromatic rings. The molecule has 0 spiro atoms. The van der Waals surface area contributed by atoms with Gasteiger partial charge in [-0.15, -0.1) is 0 Å². The number of nitrogens with zero attached hydrogens (tertiary/aromatic N) is 4. The third-order valence-electron chi connectivity index (χ3n) is 6.92. The van der Waals surface area contributed by atoms with E-state index in [1.807, 2.05) is 49.4 Å². The molecule has 2 heterocycles. The summed E-state index contributed by atoms with van der Waals surface area (Å²) in [4.78, 5) is 21.9. The zero-order valence-electron chi connectivity index (χ0n) is 18.1. The van der Waals surface area contributed by atoms with Crippen LogP contribution in [0.25, 0.3) is 22.2 Å². The van der Waals surface area contributed by atoms with E-state index in [2.05, 4.69) is 9.88 Å². The quantitative estimate of drug-likeness (QED) is 0.621. The largest absolute Gasteiger partial charge is 0.335 e. The van der Waals surface area contributed by atoms with Gasteiger partial charge >= 0.3 is 0 Å². The molecule has 0 N–H and O–H groups in total. The summed E-state index contributed by atoms with van der Waals surface area (Å²) in [5.74, 6) is -0.401. The van der Waals surface area contributed by atoms with Crippen LogP contribution in [-0.2, 0) is 6.54 Å². The van der Waals surface area contributed by atoms with Crippen molar-refractivity contribution in [3.63, 3.8) is 0 Å². The Labute approximate surface area is 182 Å². The van der Waals surface area contributed by atoms with Gasteiger partial charge in [-0.2, -0.15) is 9.37 Å². The SMILES string of the molecule is CCn1c(-c2cccc3ccccc23)nc(F)c1C(=O)N1CCN(C2CCCC2)CC1. The average molecular weight is 421 g/mol. The molecule has 0 radical (unpaired) electrons. The molecule has 5 rings (SSSR count). The Morgan fingerprint density at radius 1 is 1.03 bits per heavy atom. The maximum absolute atomic E-state index is 15.1. The summed E-state index contributed by atoms with van der Waals surface area (Å²) < 4.78 is 16.8. The molecule has 1 saturated carbocycles. The van der Waals surface area contributed by atoms with Gasteiger partial charge < -0.3 is 9.47 Å². The molecule has 6 heteroatoms. The third-order valence-corrected chi connectivity index (χ3v) is 6.92. The molecule has 0 unspecified atom stereocenters. The molecule has 162 valence electrons. The molecule has 2 aliphatic rings. The first-order valence-corrected chi connectivity index (χ1v) is 11.4. The predicted molar refractivity (Wildman–Crippen MR) is 121 cm³/mol. The van der Waals surface area contributed by atoms with Gasteiger partial charge in [0.2, 0.25) is 5.95 Å². The number of hydrogen-bond acceptors (Lipinski definition) is 3. The van der Waals surface area contributed by atoms with Crippen LogP contribution in [0.15, 0.2) is 42.5 Å². The fourth-order valence-electron chi connectivity index (χ4n) is 5.27. The van der Waals surface area contributed by atoms with Gasteiger partial charge in [0.25, 0.3) is 5.91 Å². The maximum atomic E-state index is 15.1. The van der Waals surface area contributed by atoms with Crippen LogP contribution >= 0.6 is 0 Å². The molecule has 2 aromatic carbocycles. The van der Waals surface area contributed by atoms with Gasteiger partial charge in [0.15, 0.2) is 5.69 Å². The minimum Gasteiger partial charge on any atom is -0.335 e. The third kappa shape index (κ3) is 3.63. The van der Waals surface area contributed by atoms with Crippen molar-refractivity contribution in [2.75, 3.05) is 26.2 Å². The van der Waals surface area contributed by atoms with Crippen molar-refractivity contribution < 1.29 is 9.18 Å². The highest BCUT2D eigenvalue weighted by atomic mass is 19.1. The molecule has 1 amide bonds. The van der Waals surface area contributed by atoms with Crippen molar-refractivity contribution in [2.24, 2.45) is 0 Å². The van der Waals surface area contributed by atoms with Gasteiger partial charge in [0.1, 0.15) is 5.82 Å². The highest BCUT2D eigenvalue weighted by molar-refractivity contribution is 5.97. The van der Waals surface area contributed by atoms with Crippen LogP contribution in [0, 0.1) is 5.95 Å². The molecule has 31 heavy (non-hydrogen) atoms. The number of carbonyl (C=O) groups is 1. The summed E-state index contributed by atoms with van der Waals surface area (Å²) in [6.07, 6.45) is 5.14. The normalized spacial score (nSPS) is 18.2. The minimum absolute atomic E-state index is 0.0831. The Balaban J connectivity index is 1.44. The number of benzene rings is 2. The lowest BCUT2D eigenvalue weighted by Gasteiger charge is -2.38. The first-order chi connectivity index (χ1) is 15.2. The van der Waals surface area contributed by atoms with Crippen LogP contribution in [0.3, 0.4) is 0 Å². The van der Waals surface area contributed by atoms with Crippen LogP contribution in [0.4, 0.5) is 4.39 Å². The first-order valence-electron chi connectivity index (χ1n) is 11.4. The van der Waals surface area contributed by atoms with Crippen molar-refractivity contribution in [1.29, 1.82) is 0 Å². The van der Waals surface area contributed by atoms with Gasteiger partial charge in [-0.25, -0.2) is 0 Å². The summed E-state index contributed by atoms with van der Waals surface area (Å²) in [6, 6.07) is 14.6. The number of hydrogen-bond donors (Lipinski definition) is 0. The Bertz CT molecular complexity index is 1090. The summed E-state index contributed by atoms with van der Waals surface area (Å²) in [5, 5.41) is 2.08. The fourth-order valence-corrected chi connectivity index (χ4v) is 5.27. The number of amides is 1. The van der Waals surface area contributed by atoms with E-state index in [-0.39, 0.29) is 11.6 Å². The van der Waals surface area contributed by atoms with Crippen molar-refractivity contribution in [1.82, 2.24) is 19.4 Å². The highest BCUT2D eigenvalue weighted by Crippen LogP contribution is 2.30. The standard InChI is InChI=1S/C25H29FN4O/c1-2-30-22(25(31)29-16-14-28(15-17-29)19-10-4-5-11-19)23(26)27-24(30)21-13-7-9-18-8-3-6-12-20(18)21/h3,6-9,12-13,19H,2,4-5,10-11,14-17H2,1H3. The zero-order valence-corrected chi connectivity index (χ0v) is 18.1. The van der Waals surface area contributed by atoms with Crippen molar-refractivity contribution in [2.45, 2.75) is 45.2 Å². The second kappa shape index (κ2) is 8.42. The maximum Gasteiger partial charge on any atom is 0.275 e. The fraction of sp³-hybridized carbons (Fsp3) is 0.440. The Hall–Kier alpha value is -2.73. The first kappa shape index (κ1) is 20.2. The Kier molecular flexibility index (Phi) is 5.48. The number of rotatable bonds is 4. The number of halogens is 1. The van der Waals surface area contributed by atoms with E-state index in [1.54, 1.807) is 9.47 Å². The van der Waals surface area contributed by atoms with E-state index in [0.29, 0.717) is 31.5 Å². The van der Waals surface area contributed by atoms with Crippen molar-refractivity contribution in [3.8, 4) is 11.4 Å². The number of piperazine rings is 1. The monoisotopic (exact) mass is 420 g/mol. The summed E-state index contributed by atoms with van der Waals surface area (Å²) in [6.45, 7) is 5.45. The minimum atomic E-state index is -0.673. The van der Waals surface area contributed by atoms with E-state index in [4.69, 9.17) is 0 Å². The molecule has 1 aromatic heterocycles. The van der Waals surface area contributed by atoms with Crippen LogP contribution in [0.5, 0.6) is 0 Å². The van der Waals surface area contributed by atoms with E-state index >= 15 is 4.39 Å². The van der Waals surface area contributed by atoms with Crippen LogP contribution in [0.2, 0.25) is 0 Å². The topological polar surface area (TPSA) is 41.4 Å². The molecule has 2 fully saturated rings. The zero-order chi connectivity index (χ0) is 21.4. The number of fused-ring (bicyclic) bond motifs is 1. The summed E-state index contributed by atoms with van der Waals surface area (Å²) >= 11 is 0. The number of aromatic nitrogens is 2. The van der Waals surface area contributed by atoms with Gasteiger partial charge in [-0.1, -0.05) is 55.3 Å². The molecule has 0 bridgehead atoms. The molecular weight excluding hydrogens is 391 g/mol. The van der Waals surface area contributed by atoms with Gasteiger partial charge in [-0.3, -0.25) is 9.69 Å². The molecule has 1 aliphatic heterocycles. The molecule has 1 aliphatic carbocycles. The predicted octanol–water partition coefficient (Wildman–Crippen LogP) is 4.56. The summed E-state index contributed by atoms with van der Waals surface area (Å²) in [7, 11) is 0. The number of carbonyl (C=O) groups excluding carboxylic acids is 1. The summed E-state index contributed by atoms with van der Waals surface area (Å²) in [5.41, 5.74) is 0.934. The second-order valence-corrected chi connectivity index (χ2v) is 8.61. The molecular formula is C25H29FN4O. The highest BCUT2D eigenvalue weighted by Gasteiger charge is 2.32. The lowest BCUT2D eigenvalue weighted by molar-refractivity contribution is 0.0559. The lowest BCUT2D eigenvalue weighted by atomic mass is 10.0. The van der Waals surface area contributed by atoms with Crippen LogP contribution < -0.4 is 0 Å². The second-order valence-electron chi connectivity index (χ2n) is 8.61. The van der Waals surface area contributed by atoms with E-state index < -0.39 is 5.95 Å². The van der Waals surface area contributed by atoms with Crippen molar-refractivity contribution in [3.05, 3.63) is 54.1 Å². The van der Waals surface area contributed by atoms with Crippen molar-refractivity contribution >= 4 is 16.7 Å². The lowest BCUT2D eigenvalue weighted by Crippen LogP contribution is -2.51. The van der Waals surface area contributed by atoms with E-state index in [1.165, 1.54) is 25.7 Å². The number of imidazole rings is 1. The average Bonchev–Trinajstić information content (AvgIpc) is 3.46.